The molecule has 0 aliphatic carbocycles. The molecule has 6 nitrogen and oxygen atoms in total. The number of hydrogen-bond donors (Lipinski definition) is 2. The summed E-state index contributed by atoms with van der Waals surface area (Å²) in [4.78, 5) is 13.7. The Labute approximate surface area is 166 Å². The van der Waals surface area contributed by atoms with Gasteiger partial charge in [0, 0.05) is 28.6 Å². The van der Waals surface area contributed by atoms with Crippen molar-refractivity contribution in [1.29, 1.82) is 0 Å². The van der Waals surface area contributed by atoms with Crippen molar-refractivity contribution < 1.29 is 18.1 Å². The zero-order chi connectivity index (χ0) is 20.8. The Balaban J connectivity index is 0.000000171. The predicted octanol–water partition coefficient (Wildman–Crippen LogP) is 3.70. The van der Waals surface area contributed by atoms with Gasteiger partial charge in [-0.25, -0.2) is 18.7 Å². The van der Waals surface area contributed by atoms with E-state index in [2.05, 4.69) is 19.9 Å². The third-order valence-corrected chi connectivity index (χ3v) is 5.40. The molecule has 0 spiro atoms. The van der Waals surface area contributed by atoms with Crippen LogP contribution in [0, 0.1) is 11.6 Å². The lowest BCUT2D eigenvalue weighted by atomic mass is 9.79. The van der Waals surface area contributed by atoms with Crippen molar-refractivity contribution >= 4 is 34.6 Å². The van der Waals surface area contributed by atoms with Crippen molar-refractivity contribution in [3.05, 3.63) is 54.6 Å². The van der Waals surface area contributed by atoms with Crippen molar-refractivity contribution in [3.63, 3.8) is 0 Å². The molecule has 1 aliphatic rings. The van der Waals surface area contributed by atoms with Gasteiger partial charge in [-0.15, -0.1) is 0 Å². The molecule has 0 bridgehead atoms. The molecule has 9 heteroatoms. The van der Waals surface area contributed by atoms with Gasteiger partial charge in [0.05, 0.1) is 23.6 Å². The van der Waals surface area contributed by atoms with Gasteiger partial charge in [0.2, 0.25) is 0 Å². The quantitative estimate of drug-likeness (QED) is 0.480. The second-order valence-electron chi connectivity index (χ2n) is 7.95. The Kier molecular flexibility index (Phi) is 4.67. The first kappa shape index (κ1) is 19.5. The molecule has 0 amide bonds. The monoisotopic (exact) mass is 398 g/mol. The number of halogens is 2. The number of nitrogens with one attached hydrogen (secondary N) is 2. The first-order valence-corrected chi connectivity index (χ1v) is 9.23. The second-order valence-corrected chi connectivity index (χ2v) is 7.95. The third kappa shape index (κ3) is 3.63. The van der Waals surface area contributed by atoms with Crippen LogP contribution in [0.3, 0.4) is 0 Å². The maximum atomic E-state index is 13.3. The summed E-state index contributed by atoms with van der Waals surface area (Å²) in [6.07, 6.45) is 5.88. The lowest BCUT2D eigenvalue weighted by Crippen LogP contribution is -2.41. The Bertz CT molecular complexity index is 1160. The van der Waals surface area contributed by atoms with Crippen LogP contribution in [0.15, 0.2) is 43.0 Å². The minimum Gasteiger partial charge on any atom is -0.399 e. The summed E-state index contributed by atoms with van der Waals surface area (Å²) in [5.74, 6) is -0.669. The predicted molar refractivity (Wildman–Crippen MR) is 108 cm³/mol. The third-order valence-electron chi connectivity index (χ3n) is 5.40. The van der Waals surface area contributed by atoms with Crippen molar-refractivity contribution in [2.75, 3.05) is 0 Å². The van der Waals surface area contributed by atoms with Crippen LogP contribution in [0.25, 0.3) is 22.1 Å². The fraction of sp³-hybridized carbons (Fsp3) is 0.300. The number of H-pyrrole nitrogens is 2. The summed E-state index contributed by atoms with van der Waals surface area (Å²) < 4.78 is 37.7. The van der Waals surface area contributed by atoms with E-state index in [1.165, 1.54) is 24.5 Å². The van der Waals surface area contributed by atoms with Crippen molar-refractivity contribution in [2.45, 2.75) is 38.9 Å². The highest BCUT2D eigenvalue weighted by atomic mass is 19.1. The second kappa shape index (κ2) is 6.93. The van der Waals surface area contributed by atoms with Gasteiger partial charge in [0.15, 0.2) is 0 Å². The van der Waals surface area contributed by atoms with Crippen LogP contribution in [-0.2, 0) is 9.31 Å². The molecule has 0 saturated carbocycles. The van der Waals surface area contributed by atoms with E-state index in [1.54, 1.807) is 18.5 Å². The van der Waals surface area contributed by atoms with Gasteiger partial charge >= 0.3 is 7.12 Å². The van der Waals surface area contributed by atoms with Gasteiger partial charge < -0.3 is 19.3 Å². The highest BCUT2D eigenvalue weighted by Crippen LogP contribution is 2.36. The Morgan fingerprint density at radius 3 is 2.21 bits per heavy atom. The first-order chi connectivity index (χ1) is 13.7. The molecule has 1 aliphatic heterocycles. The number of aromatic amines is 2. The fourth-order valence-corrected chi connectivity index (χ4v) is 3.08. The molecule has 0 atom stereocenters. The van der Waals surface area contributed by atoms with Gasteiger partial charge in [-0.2, -0.15) is 0 Å². The molecule has 5 heterocycles. The van der Waals surface area contributed by atoms with Gasteiger partial charge in [-0.1, -0.05) is 0 Å². The number of pyridine rings is 2. The number of fused-ring (bicyclic) bond motifs is 2. The van der Waals surface area contributed by atoms with E-state index in [-0.39, 0.29) is 11.6 Å². The zero-order valence-electron chi connectivity index (χ0n) is 16.6. The summed E-state index contributed by atoms with van der Waals surface area (Å²) in [5.41, 5.74) is 1.30. The number of hydrogen-bond acceptors (Lipinski definition) is 4. The lowest BCUT2D eigenvalue weighted by molar-refractivity contribution is 0.00578. The van der Waals surface area contributed by atoms with E-state index in [1.807, 2.05) is 27.7 Å². The van der Waals surface area contributed by atoms with Crippen molar-refractivity contribution in [2.24, 2.45) is 0 Å². The number of nitrogens with zero attached hydrogens (tertiary/aromatic N) is 2. The van der Waals surface area contributed by atoms with Crippen molar-refractivity contribution in [3.8, 4) is 0 Å². The average molecular weight is 398 g/mol. The zero-order valence-corrected chi connectivity index (χ0v) is 16.6. The van der Waals surface area contributed by atoms with E-state index in [4.69, 9.17) is 9.31 Å². The minimum atomic E-state index is -0.512. The largest absolute Gasteiger partial charge is 0.497 e. The van der Waals surface area contributed by atoms with Crippen LogP contribution in [-0.4, -0.2) is 38.3 Å². The van der Waals surface area contributed by atoms with Crippen LogP contribution in [0.4, 0.5) is 8.78 Å². The average Bonchev–Trinajstić information content (AvgIpc) is 3.31. The van der Waals surface area contributed by atoms with Crippen molar-refractivity contribution in [1.82, 2.24) is 19.9 Å². The van der Waals surface area contributed by atoms with Crippen LogP contribution in [0.1, 0.15) is 27.7 Å². The minimum absolute atomic E-state index is 0.299. The Morgan fingerprint density at radius 2 is 1.52 bits per heavy atom. The van der Waals surface area contributed by atoms with E-state index in [9.17, 15) is 8.78 Å². The summed E-state index contributed by atoms with van der Waals surface area (Å²) in [6.45, 7) is 7.95. The fourth-order valence-electron chi connectivity index (χ4n) is 3.08. The molecule has 1 fully saturated rings. The first-order valence-electron chi connectivity index (χ1n) is 9.23. The summed E-state index contributed by atoms with van der Waals surface area (Å²) in [5, 5.41) is 1.50. The maximum Gasteiger partial charge on any atom is 0.497 e. The Morgan fingerprint density at radius 1 is 0.897 bits per heavy atom. The molecule has 150 valence electrons. The van der Waals surface area contributed by atoms with Gasteiger partial charge in [0.25, 0.3) is 0 Å². The van der Waals surface area contributed by atoms with E-state index in [0.29, 0.717) is 11.0 Å². The standard InChI is InChI=1S/C13H16BFN2O2.C7H5FN2/c1-12(2)13(3,4)19-14(18-12)10-7-17-11-9(10)5-8(15)6-16-11;8-6-3-5-1-2-9-7(5)10-4-6/h5-7H,1-4H3,(H,16,17);1-4H,(H,9,10). The van der Waals surface area contributed by atoms with Crippen LogP contribution in [0.5, 0.6) is 0 Å². The molecule has 0 aromatic carbocycles. The summed E-state index contributed by atoms with van der Waals surface area (Å²) >= 11 is 0. The molecule has 5 rings (SSSR count). The number of aromatic nitrogens is 4. The summed E-state index contributed by atoms with van der Waals surface area (Å²) in [7, 11) is -0.512. The topological polar surface area (TPSA) is 75.8 Å². The molecule has 0 radical (unpaired) electrons. The lowest BCUT2D eigenvalue weighted by Gasteiger charge is -2.32. The van der Waals surface area contributed by atoms with Gasteiger partial charge in [0.1, 0.15) is 22.9 Å². The molecule has 4 aromatic rings. The Hall–Kier alpha value is -2.78. The molecule has 2 N–H and O–H groups in total. The smallest absolute Gasteiger partial charge is 0.399 e. The highest BCUT2D eigenvalue weighted by Gasteiger charge is 2.52. The molecule has 1 saturated heterocycles. The molecule has 0 unspecified atom stereocenters. The molecule has 29 heavy (non-hydrogen) atoms. The summed E-state index contributed by atoms with van der Waals surface area (Å²) in [6, 6.07) is 4.67. The van der Waals surface area contributed by atoms with Gasteiger partial charge in [-0.05, 0) is 45.9 Å². The van der Waals surface area contributed by atoms with E-state index >= 15 is 0 Å². The number of rotatable bonds is 1. The maximum absolute atomic E-state index is 13.3. The SMILES string of the molecule is CC1(C)OB(c2c[nH]c3ncc(F)cc23)OC1(C)C.Fc1cnc2[nH]ccc2c1. The molecular weight excluding hydrogens is 377 g/mol. The van der Waals surface area contributed by atoms with E-state index in [0.717, 1.165) is 16.5 Å². The van der Waals surface area contributed by atoms with Crippen LogP contribution < -0.4 is 5.46 Å². The van der Waals surface area contributed by atoms with Crippen LogP contribution in [0.2, 0.25) is 0 Å². The normalized spacial score (nSPS) is 17.5. The molecular formula is C20H21BF2N4O2. The van der Waals surface area contributed by atoms with E-state index < -0.39 is 18.3 Å². The molecule has 4 aromatic heterocycles. The van der Waals surface area contributed by atoms with Crippen LogP contribution >= 0.6 is 0 Å². The van der Waals surface area contributed by atoms with Gasteiger partial charge in [-0.3, -0.25) is 0 Å². The highest BCUT2D eigenvalue weighted by molar-refractivity contribution is 6.65.